The highest BCUT2D eigenvalue weighted by Crippen LogP contribution is 2.28. The summed E-state index contributed by atoms with van der Waals surface area (Å²) in [5.74, 6) is 0. The molecule has 3 nitrogen and oxygen atoms in total. The van der Waals surface area contributed by atoms with E-state index in [0.717, 1.165) is 18.7 Å². The highest BCUT2D eigenvalue weighted by molar-refractivity contribution is 5.53. The first kappa shape index (κ1) is 13.2. The largest absolute Gasteiger partial charge is 0.399 e. The van der Waals surface area contributed by atoms with Gasteiger partial charge in [0, 0.05) is 31.1 Å². The molecule has 1 aromatic rings. The molecule has 1 saturated carbocycles. The Morgan fingerprint density at radius 3 is 2.61 bits per heavy atom. The number of rotatable bonds is 4. The maximum Gasteiger partial charge on any atom is 0.0591 e. The van der Waals surface area contributed by atoms with Crippen LogP contribution in [-0.4, -0.2) is 25.8 Å². The molecule has 18 heavy (non-hydrogen) atoms. The number of hydrogen-bond acceptors (Lipinski definition) is 3. The van der Waals surface area contributed by atoms with Gasteiger partial charge in [-0.3, -0.25) is 0 Å². The van der Waals surface area contributed by atoms with E-state index in [2.05, 4.69) is 24.0 Å². The molecule has 2 N–H and O–H groups in total. The van der Waals surface area contributed by atoms with Gasteiger partial charge in [0.15, 0.2) is 0 Å². The van der Waals surface area contributed by atoms with E-state index < -0.39 is 0 Å². The molecule has 0 aliphatic heterocycles. The van der Waals surface area contributed by atoms with Gasteiger partial charge in [-0.25, -0.2) is 0 Å². The number of ether oxygens (including phenoxy) is 1. The number of methoxy groups -OCH3 is 1. The van der Waals surface area contributed by atoms with Crippen LogP contribution in [0.3, 0.4) is 0 Å². The lowest BCUT2D eigenvalue weighted by Crippen LogP contribution is -2.40. The molecule has 2 atom stereocenters. The van der Waals surface area contributed by atoms with Gasteiger partial charge >= 0.3 is 0 Å². The van der Waals surface area contributed by atoms with Crippen molar-refractivity contribution in [1.29, 1.82) is 0 Å². The Hall–Kier alpha value is -1.22. The van der Waals surface area contributed by atoms with Crippen LogP contribution in [-0.2, 0) is 4.74 Å². The Morgan fingerprint density at radius 1 is 1.28 bits per heavy atom. The molecule has 1 aliphatic rings. The molecule has 0 saturated heterocycles. The first-order valence-electron chi connectivity index (χ1n) is 6.89. The molecule has 0 heterocycles. The van der Waals surface area contributed by atoms with Crippen LogP contribution in [0.5, 0.6) is 0 Å². The van der Waals surface area contributed by atoms with E-state index in [4.69, 9.17) is 10.5 Å². The van der Waals surface area contributed by atoms with Gasteiger partial charge in [-0.1, -0.05) is 0 Å². The fourth-order valence-electron chi connectivity index (χ4n) is 2.93. The third kappa shape index (κ3) is 2.96. The van der Waals surface area contributed by atoms with Gasteiger partial charge in [0.05, 0.1) is 6.10 Å². The topological polar surface area (TPSA) is 38.5 Å². The van der Waals surface area contributed by atoms with Crippen molar-refractivity contribution in [2.45, 2.75) is 44.8 Å². The monoisotopic (exact) mass is 248 g/mol. The summed E-state index contributed by atoms with van der Waals surface area (Å²) in [6.45, 7) is 3.25. The first-order valence-corrected chi connectivity index (χ1v) is 6.89. The fraction of sp³-hybridized carbons (Fsp3) is 0.600. The third-order valence-electron chi connectivity index (χ3n) is 3.94. The van der Waals surface area contributed by atoms with Gasteiger partial charge in [-0.2, -0.15) is 0 Å². The zero-order valence-electron chi connectivity index (χ0n) is 11.4. The molecule has 1 fully saturated rings. The van der Waals surface area contributed by atoms with Crippen LogP contribution in [0.2, 0.25) is 0 Å². The summed E-state index contributed by atoms with van der Waals surface area (Å²) in [6.07, 6.45) is 5.28. The van der Waals surface area contributed by atoms with Gasteiger partial charge < -0.3 is 15.4 Å². The van der Waals surface area contributed by atoms with Crippen molar-refractivity contribution >= 4 is 11.4 Å². The van der Waals surface area contributed by atoms with Crippen LogP contribution in [0.1, 0.15) is 32.6 Å². The van der Waals surface area contributed by atoms with E-state index in [1.807, 2.05) is 19.2 Å². The molecule has 100 valence electrons. The summed E-state index contributed by atoms with van der Waals surface area (Å²) in [6, 6.07) is 8.80. The van der Waals surface area contributed by atoms with E-state index >= 15 is 0 Å². The molecule has 1 aliphatic carbocycles. The molecule has 0 spiro atoms. The molecular formula is C15H24N2O. The van der Waals surface area contributed by atoms with Crippen LogP contribution < -0.4 is 10.6 Å². The van der Waals surface area contributed by atoms with Gasteiger partial charge in [0.2, 0.25) is 0 Å². The van der Waals surface area contributed by atoms with Crippen molar-refractivity contribution in [3.8, 4) is 0 Å². The summed E-state index contributed by atoms with van der Waals surface area (Å²) in [4.78, 5) is 2.48. The average molecular weight is 248 g/mol. The Bertz CT molecular complexity index is 363. The lowest BCUT2D eigenvalue weighted by molar-refractivity contribution is 0.0632. The van der Waals surface area contributed by atoms with Crippen molar-refractivity contribution in [1.82, 2.24) is 0 Å². The van der Waals surface area contributed by atoms with Crippen LogP contribution >= 0.6 is 0 Å². The lowest BCUT2D eigenvalue weighted by atomic mass is 9.91. The molecule has 0 amide bonds. The summed E-state index contributed by atoms with van der Waals surface area (Å²) in [5.41, 5.74) is 7.85. The van der Waals surface area contributed by atoms with Crippen LogP contribution in [0.15, 0.2) is 24.3 Å². The molecule has 0 aromatic heterocycles. The minimum Gasteiger partial charge on any atom is -0.399 e. The predicted molar refractivity (Wildman–Crippen MR) is 76.9 cm³/mol. The Morgan fingerprint density at radius 2 is 2.00 bits per heavy atom. The predicted octanol–water partition coefficient (Wildman–Crippen LogP) is 3.05. The quantitative estimate of drug-likeness (QED) is 0.832. The second-order valence-electron chi connectivity index (χ2n) is 5.06. The summed E-state index contributed by atoms with van der Waals surface area (Å²) < 4.78 is 5.52. The number of nitrogens with zero attached hydrogens (tertiary/aromatic N) is 1. The van der Waals surface area contributed by atoms with E-state index in [9.17, 15) is 0 Å². The maximum atomic E-state index is 5.75. The average Bonchev–Trinajstić information content (AvgIpc) is 2.42. The number of nitrogens with two attached hydrogens (primary N) is 1. The normalized spacial score (nSPS) is 23.9. The van der Waals surface area contributed by atoms with Crippen molar-refractivity contribution in [2.75, 3.05) is 24.3 Å². The van der Waals surface area contributed by atoms with Crippen LogP contribution in [0, 0.1) is 0 Å². The zero-order chi connectivity index (χ0) is 13.0. The van der Waals surface area contributed by atoms with Gasteiger partial charge in [0.25, 0.3) is 0 Å². The maximum absolute atomic E-state index is 5.75. The van der Waals surface area contributed by atoms with E-state index in [1.165, 1.54) is 24.9 Å². The minimum atomic E-state index is 0.423. The van der Waals surface area contributed by atoms with E-state index in [0.29, 0.717) is 12.1 Å². The Balaban J connectivity index is 2.10. The standard InChI is InChI=1S/C15H24N2O/c1-3-17(13-9-7-12(16)8-10-13)14-5-4-6-15(11-14)18-2/h7-10,14-15H,3-6,11,16H2,1-2H3. The smallest absolute Gasteiger partial charge is 0.0591 e. The minimum absolute atomic E-state index is 0.423. The lowest BCUT2D eigenvalue weighted by Gasteiger charge is -2.38. The van der Waals surface area contributed by atoms with E-state index in [1.54, 1.807) is 0 Å². The second kappa shape index (κ2) is 6.10. The number of anilines is 2. The highest BCUT2D eigenvalue weighted by atomic mass is 16.5. The number of hydrogen-bond donors (Lipinski definition) is 1. The summed E-state index contributed by atoms with van der Waals surface area (Å²) in [5, 5.41) is 0. The molecule has 1 aromatic carbocycles. The number of benzene rings is 1. The van der Waals surface area contributed by atoms with Crippen LogP contribution in [0.25, 0.3) is 0 Å². The van der Waals surface area contributed by atoms with Gasteiger partial charge in [-0.15, -0.1) is 0 Å². The summed E-state index contributed by atoms with van der Waals surface area (Å²) in [7, 11) is 1.83. The second-order valence-corrected chi connectivity index (χ2v) is 5.06. The Labute approximate surface area is 110 Å². The van der Waals surface area contributed by atoms with Crippen molar-refractivity contribution < 1.29 is 4.74 Å². The molecule has 3 heteroatoms. The SMILES string of the molecule is CCN(c1ccc(N)cc1)C1CCCC(OC)C1. The molecule has 0 bridgehead atoms. The van der Waals surface area contributed by atoms with Crippen molar-refractivity contribution in [2.24, 2.45) is 0 Å². The molecule has 2 unspecified atom stereocenters. The van der Waals surface area contributed by atoms with Crippen molar-refractivity contribution in [3.63, 3.8) is 0 Å². The zero-order valence-corrected chi connectivity index (χ0v) is 11.4. The first-order chi connectivity index (χ1) is 8.74. The van der Waals surface area contributed by atoms with Gasteiger partial charge in [0.1, 0.15) is 0 Å². The third-order valence-corrected chi connectivity index (χ3v) is 3.94. The molecule has 2 rings (SSSR count). The van der Waals surface area contributed by atoms with Crippen LogP contribution in [0.4, 0.5) is 11.4 Å². The van der Waals surface area contributed by atoms with Crippen molar-refractivity contribution in [3.05, 3.63) is 24.3 Å². The summed E-state index contributed by atoms with van der Waals surface area (Å²) >= 11 is 0. The Kier molecular flexibility index (Phi) is 4.48. The van der Waals surface area contributed by atoms with E-state index in [-0.39, 0.29) is 0 Å². The number of nitrogen functional groups attached to an aromatic ring is 1. The molecular weight excluding hydrogens is 224 g/mol. The van der Waals surface area contributed by atoms with Gasteiger partial charge in [-0.05, 0) is 56.9 Å². The highest BCUT2D eigenvalue weighted by Gasteiger charge is 2.26. The fourth-order valence-corrected chi connectivity index (χ4v) is 2.93. The molecule has 0 radical (unpaired) electrons.